The topological polar surface area (TPSA) is 48.3 Å². The number of rotatable bonds is 5. The molecule has 0 aliphatic carbocycles. The van der Waals surface area contributed by atoms with Crippen LogP contribution >= 0.6 is 0 Å². The summed E-state index contributed by atoms with van der Waals surface area (Å²) in [6, 6.07) is 17.2. The Bertz CT molecular complexity index is 813. The Morgan fingerprint density at radius 2 is 1.57 bits per heavy atom. The van der Waals surface area contributed by atoms with Gasteiger partial charge in [0.15, 0.2) is 0 Å². The molecule has 2 aliphatic rings. The second-order valence-electron chi connectivity index (χ2n) is 7.39. The molecule has 2 aliphatic heterocycles. The highest BCUT2D eigenvalue weighted by molar-refractivity contribution is 6.02. The first-order chi connectivity index (χ1) is 13.8. The van der Waals surface area contributed by atoms with Gasteiger partial charge in [0.25, 0.3) is 0 Å². The Hall–Kier alpha value is -2.21. The fourth-order valence-electron chi connectivity index (χ4n) is 4.02. The van der Waals surface area contributed by atoms with Gasteiger partial charge in [-0.2, -0.15) is 0 Å². The van der Waals surface area contributed by atoms with Crippen LogP contribution < -0.4 is 0 Å². The fraction of sp³-hybridized carbons (Fsp3) is 0.435. The predicted octanol–water partition coefficient (Wildman–Crippen LogP) is 2.49. The molecule has 0 unspecified atom stereocenters. The molecular weight excluding hydrogens is 350 g/mol. The SMILES string of the molecule is OCCOCCN1CCN(/C2=N/c3ccccc3CCc3ccccc32)CC1. The second-order valence-corrected chi connectivity index (χ2v) is 7.39. The molecule has 0 saturated carbocycles. The first-order valence-electron chi connectivity index (χ1n) is 10.3. The van der Waals surface area contributed by atoms with Gasteiger partial charge in [0, 0.05) is 38.3 Å². The summed E-state index contributed by atoms with van der Waals surface area (Å²) in [7, 11) is 0. The second kappa shape index (κ2) is 9.32. The number of fused-ring (bicyclic) bond motifs is 2. The highest BCUT2D eigenvalue weighted by atomic mass is 16.5. The molecule has 0 spiro atoms. The summed E-state index contributed by atoms with van der Waals surface area (Å²) in [6.07, 6.45) is 2.08. The summed E-state index contributed by atoms with van der Waals surface area (Å²) >= 11 is 0. The van der Waals surface area contributed by atoms with Gasteiger partial charge in [-0.1, -0.05) is 42.5 Å². The van der Waals surface area contributed by atoms with Crippen molar-refractivity contribution in [2.45, 2.75) is 12.8 Å². The fourth-order valence-corrected chi connectivity index (χ4v) is 4.02. The number of benzene rings is 2. The Kier molecular flexibility index (Phi) is 6.37. The predicted molar refractivity (Wildman–Crippen MR) is 112 cm³/mol. The highest BCUT2D eigenvalue weighted by Gasteiger charge is 2.23. The quantitative estimate of drug-likeness (QED) is 0.811. The molecule has 1 N–H and O–H groups in total. The number of nitrogens with zero attached hydrogens (tertiary/aromatic N) is 3. The smallest absolute Gasteiger partial charge is 0.136 e. The van der Waals surface area contributed by atoms with Gasteiger partial charge >= 0.3 is 0 Å². The van der Waals surface area contributed by atoms with Gasteiger partial charge in [0.05, 0.1) is 25.5 Å². The van der Waals surface area contributed by atoms with Gasteiger partial charge in [-0.25, -0.2) is 4.99 Å². The Morgan fingerprint density at radius 1 is 0.857 bits per heavy atom. The molecule has 28 heavy (non-hydrogen) atoms. The van der Waals surface area contributed by atoms with E-state index >= 15 is 0 Å². The molecule has 0 amide bonds. The normalized spacial score (nSPS) is 19.2. The van der Waals surface area contributed by atoms with E-state index < -0.39 is 0 Å². The standard InChI is InChI=1S/C23H29N3O2/c27-16-18-28-17-15-25-11-13-26(14-12-25)23-21-7-3-1-5-19(21)9-10-20-6-2-4-8-22(20)24-23/h1-8,27H,9-18H2/b24-23+. The van der Waals surface area contributed by atoms with Crippen LogP contribution in [-0.2, 0) is 17.6 Å². The van der Waals surface area contributed by atoms with Crippen LogP contribution in [0.5, 0.6) is 0 Å². The largest absolute Gasteiger partial charge is 0.394 e. The average Bonchev–Trinajstić information content (AvgIpc) is 2.74. The van der Waals surface area contributed by atoms with Crippen molar-refractivity contribution in [3.63, 3.8) is 0 Å². The van der Waals surface area contributed by atoms with Crippen molar-refractivity contribution in [1.29, 1.82) is 0 Å². The molecular formula is C23H29N3O2. The molecule has 0 atom stereocenters. The van der Waals surface area contributed by atoms with Crippen LogP contribution in [0, 0.1) is 0 Å². The monoisotopic (exact) mass is 379 g/mol. The molecule has 2 heterocycles. The van der Waals surface area contributed by atoms with E-state index in [1.165, 1.54) is 16.7 Å². The van der Waals surface area contributed by atoms with E-state index in [0.717, 1.165) is 57.1 Å². The van der Waals surface area contributed by atoms with Crippen molar-refractivity contribution in [2.24, 2.45) is 4.99 Å². The molecule has 148 valence electrons. The number of ether oxygens (including phenoxy) is 1. The lowest BCUT2D eigenvalue weighted by Gasteiger charge is -2.37. The Labute approximate surface area is 167 Å². The first kappa shape index (κ1) is 19.1. The number of amidine groups is 1. The number of aliphatic hydroxyl groups excluding tert-OH is 1. The Morgan fingerprint density at radius 3 is 2.39 bits per heavy atom. The number of hydrogen-bond acceptors (Lipinski definition) is 5. The maximum absolute atomic E-state index is 8.82. The molecule has 2 aromatic rings. The summed E-state index contributed by atoms with van der Waals surface area (Å²) < 4.78 is 5.42. The molecule has 5 nitrogen and oxygen atoms in total. The summed E-state index contributed by atoms with van der Waals surface area (Å²) in [5.74, 6) is 1.11. The average molecular weight is 380 g/mol. The van der Waals surface area contributed by atoms with Crippen molar-refractivity contribution >= 4 is 11.5 Å². The minimum absolute atomic E-state index is 0.0918. The van der Waals surface area contributed by atoms with E-state index in [1.807, 2.05) is 0 Å². The molecule has 1 saturated heterocycles. The minimum Gasteiger partial charge on any atom is -0.394 e. The van der Waals surface area contributed by atoms with Gasteiger partial charge < -0.3 is 14.7 Å². The third kappa shape index (κ3) is 4.43. The molecule has 2 aromatic carbocycles. The lowest BCUT2D eigenvalue weighted by molar-refractivity contribution is 0.0652. The first-order valence-corrected chi connectivity index (χ1v) is 10.3. The molecule has 4 rings (SSSR count). The number of para-hydroxylation sites is 1. The van der Waals surface area contributed by atoms with Crippen molar-refractivity contribution in [3.05, 3.63) is 65.2 Å². The van der Waals surface area contributed by atoms with Crippen molar-refractivity contribution in [3.8, 4) is 0 Å². The van der Waals surface area contributed by atoms with Gasteiger partial charge in [-0.3, -0.25) is 4.90 Å². The van der Waals surface area contributed by atoms with Crippen LogP contribution in [0.3, 0.4) is 0 Å². The zero-order valence-corrected chi connectivity index (χ0v) is 16.4. The van der Waals surface area contributed by atoms with Gasteiger partial charge in [-0.05, 0) is 30.0 Å². The van der Waals surface area contributed by atoms with Crippen LogP contribution in [0.2, 0.25) is 0 Å². The van der Waals surface area contributed by atoms with E-state index in [4.69, 9.17) is 14.8 Å². The van der Waals surface area contributed by atoms with E-state index in [2.05, 4.69) is 58.3 Å². The summed E-state index contributed by atoms with van der Waals surface area (Å²) in [5, 5.41) is 8.82. The third-order valence-electron chi connectivity index (χ3n) is 5.60. The highest BCUT2D eigenvalue weighted by Crippen LogP contribution is 2.27. The zero-order valence-electron chi connectivity index (χ0n) is 16.4. The molecule has 0 radical (unpaired) electrons. The van der Waals surface area contributed by atoms with Crippen LogP contribution in [0.1, 0.15) is 16.7 Å². The number of piperazine rings is 1. The summed E-state index contributed by atoms with van der Waals surface area (Å²) in [5.41, 5.74) is 5.09. The number of aliphatic imine (C=N–C) groups is 1. The number of aryl methyl sites for hydroxylation is 2. The minimum atomic E-state index is 0.0918. The van der Waals surface area contributed by atoms with E-state index in [-0.39, 0.29) is 6.61 Å². The molecule has 0 bridgehead atoms. The molecule has 1 fully saturated rings. The van der Waals surface area contributed by atoms with Gasteiger partial charge in [-0.15, -0.1) is 0 Å². The summed E-state index contributed by atoms with van der Waals surface area (Å²) in [6.45, 7) is 6.06. The molecule has 5 heteroatoms. The maximum atomic E-state index is 8.82. The van der Waals surface area contributed by atoms with Crippen LogP contribution in [0.25, 0.3) is 0 Å². The van der Waals surface area contributed by atoms with E-state index in [0.29, 0.717) is 13.2 Å². The van der Waals surface area contributed by atoms with Gasteiger partial charge in [0.2, 0.25) is 0 Å². The van der Waals surface area contributed by atoms with Crippen molar-refractivity contribution < 1.29 is 9.84 Å². The summed E-state index contributed by atoms with van der Waals surface area (Å²) in [4.78, 5) is 10.0. The lowest BCUT2D eigenvalue weighted by Crippen LogP contribution is -2.49. The van der Waals surface area contributed by atoms with Gasteiger partial charge in [0.1, 0.15) is 5.84 Å². The van der Waals surface area contributed by atoms with Crippen molar-refractivity contribution in [1.82, 2.24) is 9.80 Å². The number of hydrogen-bond donors (Lipinski definition) is 1. The van der Waals surface area contributed by atoms with Crippen LogP contribution in [0.15, 0.2) is 53.5 Å². The van der Waals surface area contributed by atoms with E-state index in [9.17, 15) is 0 Å². The third-order valence-corrected chi connectivity index (χ3v) is 5.60. The zero-order chi connectivity index (χ0) is 19.2. The van der Waals surface area contributed by atoms with Crippen molar-refractivity contribution in [2.75, 3.05) is 52.5 Å². The maximum Gasteiger partial charge on any atom is 0.136 e. The van der Waals surface area contributed by atoms with E-state index in [1.54, 1.807) is 0 Å². The van der Waals surface area contributed by atoms with Crippen LogP contribution in [-0.4, -0.2) is 73.3 Å². The molecule has 0 aromatic heterocycles. The Balaban J connectivity index is 1.53. The van der Waals surface area contributed by atoms with Crippen LogP contribution in [0.4, 0.5) is 5.69 Å². The number of aliphatic hydroxyl groups is 1. The lowest BCUT2D eigenvalue weighted by atomic mass is 9.96.